The maximum atomic E-state index is 12.9. The summed E-state index contributed by atoms with van der Waals surface area (Å²) in [7, 11) is 0. The minimum Gasteiger partial charge on any atom is -0.322 e. The highest BCUT2D eigenvalue weighted by Gasteiger charge is 2.11. The summed E-state index contributed by atoms with van der Waals surface area (Å²) in [5.74, 6) is -1.73. The normalized spacial score (nSPS) is 10.2. The van der Waals surface area contributed by atoms with Crippen molar-refractivity contribution in [1.82, 2.24) is 4.98 Å². The van der Waals surface area contributed by atoms with Crippen molar-refractivity contribution < 1.29 is 18.4 Å². The fraction of sp³-hybridized carbons (Fsp3) is 0. The largest absolute Gasteiger partial charge is 0.322 e. The van der Waals surface area contributed by atoms with E-state index >= 15 is 0 Å². The lowest BCUT2D eigenvalue weighted by molar-refractivity contribution is 0.101. The Labute approximate surface area is 147 Å². The van der Waals surface area contributed by atoms with Crippen molar-refractivity contribution in [2.24, 2.45) is 0 Å². The van der Waals surface area contributed by atoms with Gasteiger partial charge in [0.05, 0.1) is 5.56 Å². The number of aromatic nitrogens is 1. The minimum absolute atomic E-state index is 0.104. The van der Waals surface area contributed by atoms with Gasteiger partial charge in [-0.15, -0.1) is 0 Å². The molecule has 26 heavy (non-hydrogen) atoms. The summed E-state index contributed by atoms with van der Waals surface area (Å²) in [5, 5.41) is 5.17. The summed E-state index contributed by atoms with van der Waals surface area (Å²) in [6.07, 6.45) is 1.26. The van der Waals surface area contributed by atoms with Crippen LogP contribution in [-0.4, -0.2) is 16.8 Å². The zero-order chi connectivity index (χ0) is 18.5. The van der Waals surface area contributed by atoms with E-state index in [0.717, 1.165) is 0 Å². The first-order chi connectivity index (χ1) is 12.5. The number of rotatable bonds is 4. The summed E-state index contributed by atoms with van der Waals surface area (Å²) < 4.78 is 25.7. The second-order valence-electron chi connectivity index (χ2n) is 5.35. The Balaban J connectivity index is 1.65. The molecule has 0 bridgehead atoms. The van der Waals surface area contributed by atoms with E-state index in [0.29, 0.717) is 11.4 Å². The van der Waals surface area contributed by atoms with Crippen molar-refractivity contribution in [2.45, 2.75) is 0 Å². The van der Waals surface area contributed by atoms with E-state index in [4.69, 9.17) is 0 Å². The van der Waals surface area contributed by atoms with Crippen LogP contribution < -0.4 is 10.6 Å². The summed E-state index contributed by atoms with van der Waals surface area (Å²) in [6, 6.07) is 13.5. The SMILES string of the molecule is O=C(Nc1ccc(F)cc1)c1ccc(C(=O)Nc2ccc(F)cc2)nc1. The molecule has 3 aromatic rings. The van der Waals surface area contributed by atoms with Crippen LogP contribution in [0.2, 0.25) is 0 Å². The first-order valence-corrected chi connectivity index (χ1v) is 7.61. The number of carbonyl (C=O) groups excluding carboxylic acids is 2. The standard InChI is InChI=1S/C19H13F2N3O2/c20-13-2-6-15(7-3-13)23-18(25)12-1-10-17(22-11-12)19(26)24-16-8-4-14(21)5-9-16/h1-11H,(H,23,25)(H,24,26). The molecule has 0 unspecified atom stereocenters. The van der Waals surface area contributed by atoms with Crippen LogP contribution in [0.25, 0.3) is 0 Å². The fourth-order valence-corrected chi connectivity index (χ4v) is 2.13. The molecule has 0 saturated carbocycles. The van der Waals surface area contributed by atoms with Gasteiger partial charge in [-0.3, -0.25) is 14.6 Å². The van der Waals surface area contributed by atoms with Crippen molar-refractivity contribution in [2.75, 3.05) is 10.6 Å². The number of anilines is 2. The Morgan fingerprint density at radius 1 is 0.692 bits per heavy atom. The Kier molecular flexibility index (Phi) is 4.98. The van der Waals surface area contributed by atoms with Gasteiger partial charge in [0.25, 0.3) is 11.8 Å². The molecule has 0 aliphatic heterocycles. The molecule has 0 fully saturated rings. The zero-order valence-corrected chi connectivity index (χ0v) is 13.4. The Hall–Kier alpha value is -3.61. The van der Waals surface area contributed by atoms with Crippen molar-refractivity contribution in [1.29, 1.82) is 0 Å². The lowest BCUT2D eigenvalue weighted by atomic mass is 10.2. The van der Waals surface area contributed by atoms with Gasteiger partial charge in [0.2, 0.25) is 0 Å². The Morgan fingerprint density at radius 2 is 1.19 bits per heavy atom. The molecule has 130 valence electrons. The number of hydrogen-bond donors (Lipinski definition) is 2. The fourth-order valence-electron chi connectivity index (χ4n) is 2.13. The molecule has 0 aliphatic rings. The molecule has 2 N–H and O–H groups in total. The maximum Gasteiger partial charge on any atom is 0.274 e. The van der Waals surface area contributed by atoms with E-state index in [9.17, 15) is 18.4 Å². The highest BCUT2D eigenvalue weighted by Crippen LogP contribution is 2.12. The van der Waals surface area contributed by atoms with Gasteiger partial charge in [-0.2, -0.15) is 0 Å². The molecule has 2 aromatic carbocycles. The minimum atomic E-state index is -0.484. The molecule has 2 amide bonds. The first-order valence-electron chi connectivity index (χ1n) is 7.61. The number of carbonyl (C=O) groups is 2. The van der Waals surface area contributed by atoms with Gasteiger partial charge in [-0.25, -0.2) is 8.78 Å². The maximum absolute atomic E-state index is 12.9. The average molecular weight is 353 g/mol. The van der Waals surface area contributed by atoms with Crippen LogP contribution in [-0.2, 0) is 0 Å². The summed E-state index contributed by atoms with van der Waals surface area (Å²) in [6.45, 7) is 0. The predicted molar refractivity (Wildman–Crippen MR) is 92.9 cm³/mol. The number of benzene rings is 2. The van der Waals surface area contributed by atoms with E-state index in [1.807, 2.05) is 0 Å². The summed E-state index contributed by atoms with van der Waals surface area (Å²) in [4.78, 5) is 28.2. The van der Waals surface area contributed by atoms with E-state index < -0.39 is 23.4 Å². The van der Waals surface area contributed by atoms with Crippen molar-refractivity contribution in [3.8, 4) is 0 Å². The van der Waals surface area contributed by atoms with Gasteiger partial charge < -0.3 is 10.6 Å². The second-order valence-corrected chi connectivity index (χ2v) is 5.35. The molecule has 0 saturated heterocycles. The van der Waals surface area contributed by atoms with Crippen molar-refractivity contribution in [3.05, 3.63) is 89.8 Å². The van der Waals surface area contributed by atoms with Crippen LogP contribution in [0.15, 0.2) is 66.9 Å². The zero-order valence-electron chi connectivity index (χ0n) is 13.4. The molecular formula is C19H13F2N3O2. The number of nitrogens with zero attached hydrogens (tertiary/aromatic N) is 1. The molecule has 7 heteroatoms. The van der Waals surface area contributed by atoms with Gasteiger partial charge in [0.15, 0.2) is 0 Å². The molecular weight excluding hydrogens is 340 g/mol. The summed E-state index contributed by atoms with van der Waals surface area (Å²) >= 11 is 0. The van der Waals surface area contributed by atoms with E-state index in [1.54, 1.807) is 0 Å². The monoisotopic (exact) mass is 353 g/mol. The highest BCUT2D eigenvalue weighted by atomic mass is 19.1. The first kappa shape index (κ1) is 17.2. The molecule has 0 spiro atoms. The van der Waals surface area contributed by atoms with Crippen LogP contribution in [0.3, 0.4) is 0 Å². The number of halogens is 2. The van der Waals surface area contributed by atoms with Crippen LogP contribution in [0.5, 0.6) is 0 Å². The molecule has 0 aliphatic carbocycles. The Bertz CT molecular complexity index is 846. The second kappa shape index (κ2) is 7.52. The molecule has 1 heterocycles. The van der Waals surface area contributed by atoms with E-state index in [2.05, 4.69) is 15.6 Å². The van der Waals surface area contributed by atoms with Crippen molar-refractivity contribution >= 4 is 23.2 Å². The number of hydrogen-bond acceptors (Lipinski definition) is 3. The number of pyridine rings is 1. The number of amides is 2. The molecule has 5 nitrogen and oxygen atoms in total. The van der Waals surface area contributed by atoms with Crippen LogP contribution in [0.1, 0.15) is 20.8 Å². The topological polar surface area (TPSA) is 71.1 Å². The van der Waals surface area contributed by atoms with Gasteiger partial charge >= 0.3 is 0 Å². The highest BCUT2D eigenvalue weighted by molar-refractivity contribution is 6.06. The smallest absolute Gasteiger partial charge is 0.274 e. The predicted octanol–water partition coefficient (Wildman–Crippen LogP) is 3.86. The van der Waals surface area contributed by atoms with Crippen LogP contribution in [0.4, 0.5) is 20.2 Å². The van der Waals surface area contributed by atoms with Gasteiger partial charge in [0.1, 0.15) is 17.3 Å². The van der Waals surface area contributed by atoms with Crippen molar-refractivity contribution in [3.63, 3.8) is 0 Å². The third kappa shape index (κ3) is 4.27. The van der Waals surface area contributed by atoms with Crippen LogP contribution in [0, 0.1) is 11.6 Å². The van der Waals surface area contributed by atoms with E-state index in [-0.39, 0.29) is 11.3 Å². The van der Waals surface area contributed by atoms with Gasteiger partial charge in [-0.05, 0) is 60.7 Å². The number of nitrogens with one attached hydrogen (secondary N) is 2. The third-order valence-corrected chi connectivity index (χ3v) is 3.46. The summed E-state index contributed by atoms with van der Waals surface area (Å²) in [5.41, 5.74) is 1.21. The molecule has 1 aromatic heterocycles. The molecule has 3 rings (SSSR count). The third-order valence-electron chi connectivity index (χ3n) is 3.46. The van der Waals surface area contributed by atoms with Gasteiger partial charge in [-0.1, -0.05) is 0 Å². The lowest BCUT2D eigenvalue weighted by Gasteiger charge is -2.07. The molecule has 0 atom stereocenters. The lowest BCUT2D eigenvalue weighted by Crippen LogP contribution is -2.16. The Morgan fingerprint density at radius 3 is 1.65 bits per heavy atom. The molecule has 0 radical (unpaired) electrons. The van der Waals surface area contributed by atoms with E-state index in [1.165, 1.54) is 66.9 Å². The quantitative estimate of drug-likeness (QED) is 0.748. The average Bonchev–Trinajstić information content (AvgIpc) is 2.65. The van der Waals surface area contributed by atoms with Gasteiger partial charge in [0, 0.05) is 17.6 Å². The van der Waals surface area contributed by atoms with Crippen LogP contribution >= 0.6 is 0 Å².